The maximum absolute atomic E-state index is 13.2. The number of thiol groups is 1. The number of unbranched alkanes of at least 4 members (excludes halogenated alkanes) is 1. The summed E-state index contributed by atoms with van der Waals surface area (Å²) in [6.07, 6.45) is 0.688. The molecule has 0 aliphatic heterocycles. The highest BCUT2D eigenvalue weighted by Gasteiger charge is 2.30. The average Bonchev–Trinajstić information content (AvgIpc) is 2.85. The maximum atomic E-state index is 13.2. The van der Waals surface area contributed by atoms with Crippen LogP contribution < -0.4 is 33.2 Å². The molecule has 206 valence electrons. The van der Waals surface area contributed by atoms with Crippen LogP contribution in [0.3, 0.4) is 0 Å². The van der Waals surface area contributed by atoms with Crippen LogP contribution in [0.2, 0.25) is 0 Å². The molecule has 37 heavy (non-hydrogen) atoms. The second-order valence-electron chi connectivity index (χ2n) is 8.47. The number of carboxylic acid groups (broad SMARTS) is 1. The number of benzene rings is 1. The van der Waals surface area contributed by atoms with E-state index in [1.807, 2.05) is 0 Å². The molecule has 0 heterocycles. The van der Waals surface area contributed by atoms with Gasteiger partial charge in [0.15, 0.2) is 0 Å². The van der Waals surface area contributed by atoms with Crippen molar-refractivity contribution in [2.24, 2.45) is 17.2 Å². The third kappa shape index (κ3) is 11.9. The number of hydrogen-bond donors (Lipinski definition) is 9. The Morgan fingerprint density at radius 2 is 1.43 bits per heavy atom. The Bertz CT molecular complexity index is 931. The molecule has 1 aromatic carbocycles. The summed E-state index contributed by atoms with van der Waals surface area (Å²) in [5, 5.41) is 26.4. The van der Waals surface area contributed by atoms with Gasteiger partial charge in [0.2, 0.25) is 23.6 Å². The Balaban J connectivity index is 3.10. The highest BCUT2D eigenvalue weighted by Crippen LogP contribution is 2.12. The van der Waals surface area contributed by atoms with E-state index < -0.39 is 53.8 Å². The topological polar surface area (TPSA) is 240 Å². The number of phenols is 1. The number of phenolic OH excluding ortho intramolecular Hbond substituents is 1. The van der Waals surface area contributed by atoms with Crippen molar-refractivity contribution in [1.29, 1.82) is 0 Å². The van der Waals surface area contributed by atoms with Crippen LogP contribution in [0.25, 0.3) is 0 Å². The van der Waals surface area contributed by atoms with E-state index in [2.05, 4.69) is 28.6 Å². The Labute approximate surface area is 220 Å². The third-order valence-electron chi connectivity index (χ3n) is 5.42. The molecule has 0 saturated carbocycles. The summed E-state index contributed by atoms with van der Waals surface area (Å²) in [5.41, 5.74) is 16.9. The fraction of sp³-hybridized carbons (Fsp3) is 0.522. The molecule has 0 radical (unpaired) electrons. The maximum Gasteiger partial charge on any atom is 0.326 e. The molecule has 4 amide bonds. The highest BCUT2D eigenvalue weighted by atomic mass is 32.1. The molecule has 0 aromatic heterocycles. The van der Waals surface area contributed by atoms with Crippen molar-refractivity contribution in [2.75, 3.05) is 12.3 Å². The van der Waals surface area contributed by atoms with Crippen LogP contribution in [0.5, 0.6) is 5.75 Å². The van der Waals surface area contributed by atoms with Gasteiger partial charge < -0.3 is 43.4 Å². The Hall–Kier alpha value is -3.36. The quantitative estimate of drug-likeness (QED) is 0.0792. The molecular formula is C23H36N6O7S. The highest BCUT2D eigenvalue weighted by molar-refractivity contribution is 7.80. The van der Waals surface area contributed by atoms with Gasteiger partial charge in [0.1, 0.15) is 23.9 Å². The van der Waals surface area contributed by atoms with E-state index in [1.165, 1.54) is 12.1 Å². The molecule has 0 aliphatic rings. The van der Waals surface area contributed by atoms with Crippen LogP contribution in [0, 0.1) is 0 Å². The summed E-state index contributed by atoms with van der Waals surface area (Å²) >= 11 is 3.99. The fourth-order valence-corrected chi connectivity index (χ4v) is 3.45. The molecule has 0 saturated heterocycles. The van der Waals surface area contributed by atoms with Gasteiger partial charge in [-0.05, 0) is 49.9 Å². The van der Waals surface area contributed by atoms with Gasteiger partial charge in [-0.1, -0.05) is 12.1 Å². The monoisotopic (exact) mass is 540 g/mol. The number of primary amides is 1. The minimum absolute atomic E-state index is 0.0185. The number of carbonyl (C=O) groups is 5. The lowest BCUT2D eigenvalue weighted by molar-refractivity contribution is -0.142. The Morgan fingerprint density at radius 1 is 0.865 bits per heavy atom. The Kier molecular flexibility index (Phi) is 14.0. The molecule has 1 rings (SSSR count). The van der Waals surface area contributed by atoms with Gasteiger partial charge in [0.25, 0.3) is 0 Å². The summed E-state index contributed by atoms with van der Waals surface area (Å²) in [7, 11) is 0. The van der Waals surface area contributed by atoms with Gasteiger partial charge in [-0.3, -0.25) is 19.2 Å². The van der Waals surface area contributed by atoms with Crippen LogP contribution in [0.4, 0.5) is 0 Å². The van der Waals surface area contributed by atoms with Crippen molar-refractivity contribution in [1.82, 2.24) is 16.0 Å². The molecule has 0 fully saturated rings. The number of nitrogens with two attached hydrogens (primary N) is 3. The summed E-state index contributed by atoms with van der Waals surface area (Å²) in [6, 6.07) is 1.33. The average molecular weight is 541 g/mol. The standard InChI is InChI=1S/C23H36N6O7S/c24-10-2-1-3-16(21(33)28-17(23(35)36)8-9-19(26)31)27-22(34)18(29-20(32)15(25)12-37)11-13-4-6-14(30)7-5-13/h4-7,15-18,30,37H,1-3,8-12,24-25H2,(H2,26,31)(H,27,34)(H,28,33)(H,29,32)(H,35,36). The van der Waals surface area contributed by atoms with Crippen LogP contribution in [-0.2, 0) is 30.4 Å². The van der Waals surface area contributed by atoms with E-state index in [-0.39, 0.29) is 37.2 Å². The summed E-state index contributed by atoms with van der Waals surface area (Å²) in [6.45, 7) is 0.347. The summed E-state index contributed by atoms with van der Waals surface area (Å²) < 4.78 is 0. The van der Waals surface area contributed by atoms with Gasteiger partial charge in [-0.2, -0.15) is 12.6 Å². The molecule has 1 aromatic rings. The first-order valence-corrected chi connectivity index (χ1v) is 12.4. The SMILES string of the molecule is NCCCCC(NC(=O)C(Cc1ccc(O)cc1)NC(=O)C(N)CS)C(=O)NC(CCC(N)=O)C(=O)O. The number of aliphatic carboxylic acids is 1. The van der Waals surface area contributed by atoms with E-state index >= 15 is 0 Å². The lowest BCUT2D eigenvalue weighted by Gasteiger charge is -2.25. The van der Waals surface area contributed by atoms with E-state index in [1.54, 1.807) is 12.1 Å². The molecule has 0 aliphatic carbocycles. The van der Waals surface area contributed by atoms with Gasteiger partial charge in [-0.15, -0.1) is 0 Å². The number of carboxylic acids is 1. The summed E-state index contributed by atoms with van der Waals surface area (Å²) in [5.74, 6) is -4.14. The number of amides is 4. The van der Waals surface area contributed by atoms with Crippen LogP contribution in [0.1, 0.15) is 37.7 Å². The second kappa shape index (κ2) is 16.4. The van der Waals surface area contributed by atoms with Crippen molar-refractivity contribution in [3.8, 4) is 5.75 Å². The lowest BCUT2D eigenvalue weighted by atomic mass is 10.0. The van der Waals surface area contributed by atoms with E-state index in [9.17, 15) is 34.2 Å². The smallest absolute Gasteiger partial charge is 0.326 e. The van der Waals surface area contributed by atoms with Crippen molar-refractivity contribution in [3.05, 3.63) is 29.8 Å². The zero-order valence-corrected chi connectivity index (χ0v) is 21.3. The first-order chi connectivity index (χ1) is 17.5. The van der Waals surface area contributed by atoms with E-state index in [0.29, 0.717) is 24.9 Å². The number of hydrogen-bond acceptors (Lipinski definition) is 9. The predicted octanol–water partition coefficient (Wildman–Crippen LogP) is -1.87. The van der Waals surface area contributed by atoms with Crippen LogP contribution in [0.15, 0.2) is 24.3 Å². The normalized spacial score (nSPS) is 14.0. The third-order valence-corrected chi connectivity index (χ3v) is 5.81. The molecule has 11 N–H and O–H groups in total. The minimum Gasteiger partial charge on any atom is -0.508 e. The van der Waals surface area contributed by atoms with Crippen LogP contribution in [-0.4, -0.2) is 76.3 Å². The molecule has 4 unspecified atom stereocenters. The van der Waals surface area contributed by atoms with Crippen molar-refractivity contribution in [3.63, 3.8) is 0 Å². The molecular weight excluding hydrogens is 504 g/mol. The molecule has 14 heteroatoms. The van der Waals surface area contributed by atoms with Crippen molar-refractivity contribution in [2.45, 2.75) is 62.7 Å². The van der Waals surface area contributed by atoms with Gasteiger partial charge in [0, 0.05) is 18.6 Å². The largest absolute Gasteiger partial charge is 0.508 e. The van der Waals surface area contributed by atoms with Gasteiger partial charge >= 0.3 is 5.97 Å². The first kappa shape index (κ1) is 31.7. The van der Waals surface area contributed by atoms with E-state index in [4.69, 9.17) is 17.2 Å². The number of aromatic hydroxyl groups is 1. The van der Waals surface area contributed by atoms with Crippen molar-refractivity contribution < 1.29 is 34.2 Å². The number of rotatable bonds is 17. The molecule has 13 nitrogen and oxygen atoms in total. The van der Waals surface area contributed by atoms with Crippen LogP contribution >= 0.6 is 12.6 Å². The second-order valence-corrected chi connectivity index (χ2v) is 8.84. The zero-order valence-electron chi connectivity index (χ0n) is 20.4. The first-order valence-electron chi connectivity index (χ1n) is 11.7. The Morgan fingerprint density at radius 3 is 1.97 bits per heavy atom. The zero-order chi connectivity index (χ0) is 28.0. The van der Waals surface area contributed by atoms with Gasteiger partial charge in [-0.25, -0.2) is 4.79 Å². The molecule has 0 spiro atoms. The number of carbonyl (C=O) groups excluding carboxylic acids is 4. The summed E-state index contributed by atoms with van der Waals surface area (Å²) in [4.78, 5) is 61.2. The predicted molar refractivity (Wildman–Crippen MR) is 138 cm³/mol. The van der Waals surface area contributed by atoms with E-state index in [0.717, 1.165) is 0 Å². The number of nitrogens with one attached hydrogen (secondary N) is 3. The fourth-order valence-electron chi connectivity index (χ4n) is 3.29. The van der Waals surface area contributed by atoms with Gasteiger partial charge in [0.05, 0.1) is 6.04 Å². The lowest BCUT2D eigenvalue weighted by Crippen LogP contribution is -2.57. The molecule has 0 bridgehead atoms. The van der Waals surface area contributed by atoms with Crippen molar-refractivity contribution >= 4 is 42.2 Å². The molecule has 4 atom stereocenters. The minimum atomic E-state index is -1.39.